The standard InChI is InChI=1S/C17H19NO2/c19-17(20)10-12-5-1-3-7-15(12)14-9-13-6-2-4-8-16(13)18-11-14/h2,4,6,8-9,11-12,15H,1,3,5,7,10H2,(H,19,20)/t12-,15?/m1/s1. The molecule has 3 rings (SSSR count). The van der Waals surface area contributed by atoms with Crippen LogP contribution in [0.15, 0.2) is 36.5 Å². The molecule has 0 spiro atoms. The molecule has 3 nitrogen and oxygen atoms in total. The van der Waals surface area contributed by atoms with Crippen LogP contribution in [-0.2, 0) is 4.79 Å². The lowest BCUT2D eigenvalue weighted by Crippen LogP contribution is -2.21. The molecular weight excluding hydrogens is 250 g/mol. The number of nitrogens with zero attached hydrogens (tertiary/aromatic N) is 1. The van der Waals surface area contributed by atoms with Gasteiger partial charge in [0.05, 0.1) is 5.52 Å². The Labute approximate surface area is 118 Å². The Morgan fingerprint density at radius 2 is 2.05 bits per heavy atom. The first kappa shape index (κ1) is 13.1. The number of benzene rings is 1. The third-order valence-corrected chi connectivity index (χ3v) is 4.39. The van der Waals surface area contributed by atoms with Crippen LogP contribution in [0.3, 0.4) is 0 Å². The molecule has 0 radical (unpaired) electrons. The predicted octanol–water partition coefficient (Wildman–Crippen LogP) is 3.98. The van der Waals surface area contributed by atoms with E-state index in [2.05, 4.69) is 17.1 Å². The van der Waals surface area contributed by atoms with Crippen molar-refractivity contribution in [3.05, 3.63) is 42.1 Å². The fraction of sp³-hybridized carbons (Fsp3) is 0.412. The number of aliphatic carboxylic acids is 1. The Morgan fingerprint density at radius 3 is 2.90 bits per heavy atom. The van der Waals surface area contributed by atoms with E-state index in [0.29, 0.717) is 5.92 Å². The summed E-state index contributed by atoms with van der Waals surface area (Å²) in [4.78, 5) is 15.6. The molecule has 1 aliphatic carbocycles. The third kappa shape index (κ3) is 2.67. The van der Waals surface area contributed by atoms with E-state index in [1.807, 2.05) is 24.4 Å². The Kier molecular flexibility index (Phi) is 3.68. The third-order valence-electron chi connectivity index (χ3n) is 4.39. The topological polar surface area (TPSA) is 50.2 Å². The molecule has 3 heteroatoms. The lowest BCUT2D eigenvalue weighted by molar-refractivity contribution is -0.138. The van der Waals surface area contributed by atoms with E-state index in [9.17, 15) is 4.79 Å². The molecule has 20 heavy (non-hydrogen) atoms. The highest BCUT2D eigenvalue weighted by atomic mass is 16.4. The molecule has 0 amide bonds. The van der Waals surface area contributed by atoms with Crippen molar-refractivity contribution in [2.45, 2.75) is 38.0 Å². The van der Waals surface area contributed by atoms with E-state index in [0.717, 1.165) is 30.2 Å². The van der Waals surface area contributed by atoms with Crippen LogP contribution < -0.4 is 0 Å². The fourth-order valence-electron chi connectivity index (χ4n) is 3.41. The monoisotopic (exact) mass is 269 g/mol. The second kappa shape index (κ2) is 5.61. The summed E-state index contributed by atoms with van der Waals surface area (Å²) in [5, 5.41) is 10.2. The van der Waals surface area contributed by atoms with E-state index in [-0.39, 0.29) is 12.3 Å². The van der Waals surface area contributed by atoms with Crippen LogP contribution in [0.2, 0.25) is 0 Å². The van der Waals surface area contributed by atoms with E-state index < -0.39 is 5.97 Å². The number of para-hydroxylation sites is 1. The van der Waals surface area contributed by atoms with E-state index in [1.54, 1.807) is 0 Å². The average molecular weight is 269 g/mol. The van der Waals surface area contributed by atoms with Crippen LogP contribution in [0.4, 0.5) is 0 Å². The van der Waals surface area contributed by atoms with E-state index in [1.165, 1.54) is 12.0 Å². The first-order chi connectivity index (χ1) is 9.74. The van der Waals surface area contributed by atoms with Gasteiger partial charge in [-0.3, -0.25) is 9.78 Å². The summed E-state index contributed by atoms with van der Waals surface area (Å²) in [6.45, 7) is 0. The summed E-state index contributed by atoms with van der Waals surface area (Å²) >= 11 is 0. The van der Waals surface area contributed by atoms with Gasteiger partial charge in [-0.25, -0.2) is 0 Å². The SMILES string of the molecule is O=C(O)C[C@H]1CCCCC1c1cnc2ccccc2c1. The molecule has 104 valence electrons. The number of pyridine rings is 1. The fourth-order valence-corrected chi connectivity index (χ4v) is 3.41. The molecule has 2 aromatic rings. The van der Waals surface area contributed by atoms with Crippen LogP contribution >= 0.6 is 0 Å². The number of aromatic nitrogens is 1. The largest absolute Gasteiger partial charge is 0.481 e. The molecule has 1 fully saturated rings. The van der Waals surface area contributed by atoms with Gasteiger partial charge in [0.15, 0.2) is 0 Å². The van der Waals surface area contributed by atoms with Crippen LogP contribution in [-0.4, -0.2) is 16.1 Å². The van der Waals surface area contributed by atoms with Gasteiger partial charge < -0.3 is 5.11 Å². The van der Waals surface area contributed by atoms with Gasteiger partial charge in [0, 0.05) is 18.0 Å². The quantitative estimate of drug-likeness (QED) is 0.916. The van der Waals surface area contributed by atoms with Crippen molar-refractivity contribution in [2.75, 3.05) is 0 Å². The highest BCUT2D eigenvalue weighted by molar-refractivity contribution is 5.78. The van der Waals surface area contributed by atoms with Crippen molar-refractivity contribution >= 4 is 16.9 Å². The van der Waals surface area contributed by atoms with Crippen LogP contribution in [0.5, 0.6) is 0 Å². The highest BCUT2D eigenvalue weighted by Crippen LogP contribution is 2.39. The normalized spacial score (nSPS) is 22.8. The summed E-state index contributed by atoms with van der Waals surface area (Å²) < 4.78 is 0. The van der Waals surface area contributed by atoms with Gasteiger partial charge in [-0.2, -0.15) is 0 Å². The van der Waals surface area contributed by atoms with Crippen molar-refractivity contribution < 1.29 is 9.90 Å². The molecule has 1 aliphatic rings. The Balaban J connectivity index is 1.92. The first-order valence-corrected chi connectivity index (χ1v) is 7.30. The Bertz CT molecular complexity index is 623. The lowest BCUT2D eigenvalue weighted by Gasteiger charge is -2.30. The van der Waals surface area contributed by atoms with Gasteiger partial charge in [0.2, 0.25) is 0 Å². The highest BCUT2D eigenvalue weighted by Gasteiger charge is 2.28. The van der Waals surface area contributed by atoms with Crippen molar-refractivity contribution in [1.29, 1.82) is 0 Å². The summed E-state index contributed by atoms with van der Waals surface area (Å²) in [6.07, 6.45) is 6.65. The molecular formula is C17H19NO2. The van der Waals surface area contributed by atoms with Crippen LogP contribution in [0.1, 0.15) is 43.6 Å². The molecule has 0 bridgehead atoms. The van der Waals surface area contributed by atoms with Crippen molar-refractivity contribution in [3.63, 3.8) is 0 Å². The Hall–Kier alpha value is -1.90. The Morgan fingerprint density at radius 1 is 1.25 bits per heavy atom. The van der Waals surface area contributed by atoms with E-state index in [4.69, 9.17) is 5.11 Å². The van der Waals surface area contributed by atoms with Gasteiger partial charge in [-0.1, -0.05) is 31.0 Å². The number of fused-ring (bicyclic) bond motifs is 1. The molecule has 1 unspecified atom stereocenters. The summed E-state index contributed by atoms with van der Waals surface area (Å²) in [5.41, 5.74) is 2.21. The number of carboxylic acids is 1. The summed E-state index contributed by atoms with van der Waals surface area (Å²) in [7, 11) is 0. The second-order valence-corrected chi connectivity index (χ2v) is 5.71. The molecule has 2 atom stereocenters. The molecule has 1 heterocycles. The van der Waals surface area contributed by atoms with E-state index >= 15 is 0 Å². The van der Waals surface area contributed by atoms with Gasteiger partial charge in [0.1, 0.15) is 0 Å². The number of carboxylic acid groups (broad SMARTS) is 1. The summed E-state index contributed by atoms with van der Waals surface area (Å²) in [5.74, 6) is -0.0863. The number of rotatable bonds is 3. The molecule has 0 saturated heterocycles. The maximum Gasteiger partial charge on any atom is 0.303 e. The number of hydrogen-bond donors (Lipinski definition) is 1. The average Bonchev–Trinajstić information content (AvgIpc) is 2.47. The maximum absolute atomic E-state index is 11.0. The second-order valence-electron chi connectivity index (χ2n) is 5.71. The molecule has 1 aromatic carbocycles. The van der Waals surface area contributed by atoms with Gasteiger partial charge in [-0.15, -0.1) is 0 Å². The number of carbonyl (C=O) groups is 1. The molecule has 0 aliphatic heterocycles. The minimum atomic E-state index is -0.685. The van der Waals surface area contributed by atoms with Gasteiger partial charge >= 0.3 is 5.97 Å². The van der Waals surface area contributed by atoms with Crippen LogP contribution in [0, 0.1) is 5.92 Å². The molecule has 1 aromatic heterocycles. The first-order valence-electron chi connectivity index (χ1n) is 7.30. The zero-order valence-electron chi connectivity index (χ0n) is 11.5. The van der Waals surface area contributed by atoms with Crippen molar-refractivity contribution in [1.82, 2.24) is 4.98 Å². The van der Waals surface area contributed by atoms with Gasteiger partial charge in [0.25, 0.3) is 0 Å². The number of hydrogen-bond acceptors (Lipinski definition) is 2. The molecule has 1 saturated carbocycles. The van der Waals surface area contributed by atoms with Gasteiger partial charge in [-0.05, 0) is 42.4 Å². The zero-order valence-corrected chi connectivity index (χ0v) is 11.5. The summed E-state index contributed by atoms with van der Waals surface area (Å²) in [6, 6.07) is 10.3. The zero-order chi connectivity index (χ0) is 13.9. The minimum Gasteiger partial charge on any atom is -0.481 e. The van der Waals surface area contributed by atoms with Crippen LogP contribution in [0.25, 0.3) is 10.9 Å². The van der Waals surface area contributed by atoms with Crippen molar-refractivity contribution in [3.8, 4) is 0 Å². The predicted molar refractivity (Wildman–Crippen MR) is 78.7 cm³/mol. The lowest BCUT2D eigenvalue weighted by atomic mass is 9.74. The smallest absolute Gasteiger partial charge is 0.303 e. The van der Waals surface area contributed by atoms with Crippen molar-refractivity contribution in [2.24, 2.45) is 5.92 Å². The minimum absolute atomic E-state index is 0.254. The molecule has 1 N–H and O–H groups in total. The maximum atomic E-state index is 11.0.